The molecule has 2 aromatic heterocycles. The van der Waals surface area contributed by atoms with Crippen LogP contribution in [0.3, 0.4) is 0 Å². The van der Waals surface area contributed by atoms with Crippen LogP contribution < -0.4 is 10.2 Å². The van der Waals surface area contributed by atoms with Crippen LogP contribution in [0.15, 0.2) is 48.9 Å². The maximum atomic E-state index is 12.6. The molecule has 1 aromatic carbocycles. The van der Waals surface area contributed by atoms with Crippen molar-refractivity contribution < 1.29 is 4.79 Å². The molecule has 0 saturated carbocycles. The van der Waals surface area contributed by atoms with E-state index in [2.05, 4.69) is 25.2 Å². The van der Waals surface area contributed by atoms with E-state index in [4.69, 9.17) is 11.6 Å². The third-order valence-electron chi connectivity index (χ3n) is 4.85. The normalized spacial score (nSPS) is 17.1. The minimum Gasteiger partial charge on any atom is -0.369 e. The van der Waals surface area contributed by atoms with Crippen LogP contribution in [-0.2, 0) is 11.3 Å². The Morgan fingerprint density at radius 3 is 2.85 bits per heavy atom. The Morgan fingerprint density at radius 1 is 1.19 bits per heavy atom. The summed E-state index contributed by atoms with van der Waals surface area (Å²) in [6.07, 6.45) is 6.97. The summed E-state index contributed by atoms with van der Waals surface area (Å²) in [5.41, 5.74) is 3.43. The van der Waals surface area contributed by atoms with E-state index >= 15 is 0 Å². The number of aromatic nitrogens is 3. The van der Waals surface area contributed by atoms with Crippen molar-refractivity contribution in [1.82, 2.24) is 20.3 Å². The molecule has 3 heterocycles. The molecule has 1 aliphatic rings. The van der Waals surface area contributed by atoms with Gasteiger partial charge in [0.2, 0.25) is 5.91 Å². The predicted molar refractivity (Wildman–Crippen MR) is 106 cm³/mol. The zero-order valence-electron chi connectivity index (χ0n) is 14.8. The Kier molecular flexibility index (Phi) is 5.16. The lowest BCUT2D eigenvalue weighted by molar-refractivity contribution is -0.125. The number of carbonyl (C=O) groups is 1. The van der Waals surface area contributed by atoms with Crippen LogP contribution in [0.4, 0.5) is 5.69 Å². The summed E-state index contributed by atoms with van der Waals surface area (Å²) in [5, 5.41) is 3.74. The van der Waals surface area contributed by atoms with E-state index < -0.39 is 0 Å². The number of carbonyl (C=O) groups excluding carboxylic acids is 1. The number of nitrogens with zero attached hydrogens (tertiary/aromatic N) is 4. The molecule has 138 valence electrons. The van der Waals surface area contributed by atoms with Gasteiger partial charge in [0, 0.05) is 37.1 Å². The topological polar surface area (TPSA) is 71.0 Å². The van der Waals surface area contributed by atoms with Crippen molar-refractivity contribution >= 4 is 34.4 Å². The SMILES string of the molecule is O=C(NCc1ccc(Cl)cc1)[C@@H]1CCCN(c2cnc3nccnc3c2)C1. The van der Waals surface area contributed by atoms with Gasteiger partial charge in [0.25, 0.3) is 0 Å². The third kappa shape index (κ3) is 4.17. The highest BCUT2D eigenvalue weighted by Gasteiger charge is 2.26. The summed E-state index contributed by atoms with van der Waals surface area (Å²) < 4.78 is 0. The lowest BCUT2D eigenvalue weighted by Crippen LogP contribution is -2.43. The molecule has 1 fully saturated rings. The fourth-order valence-electron chi connectivity index (χ4n) is 3.38. The Bertz CT molecular complexity index is 947. The minimum atomic E-state index is -0.0383. The number of pyridine rings is 1. The van der Waals surface area contributed by atoms with E-state index in [1.807, 2.05) is 36.5 Å². The number of halogens is 1. The van der Waals surface area contributed by atoms with Gasteiger partial charge in [-0.2, -0.15) is 0 Å². The van der Waals surface area contributed by atoms with Gasteiger partial charge in [-0.05, 0) is 36.6 Å². The van der Waals surface area contributed by atoms with Crippen molar-refractivity contribution in [2.75, 3.05) is 18.0 Å². The predicted octanol–water partition coefficient (Wildman–Crippen LogP) is 3.21. The van der Waals surface area contributed by atoms with E-state index in [0.717, 1.165) is 36.2 Å². The summed E-state index contributed by atoms with van der Waals surface area (Å²) in [7, 11) is 0. The number of anilines is 1. The Balaban J connectivity index is 1.40. The van der Waals surface area contributed by atoms with E-state index in [1.54, 1.807) is 12.4 Å². The molecule has 3 aromatic rings. The van der Waals surface area contributed by atoms with Crippen LogP contribution in [0.1, 0.15) is 18.4 Å². The summed E-state index contributed by atoms with van der Waals surface area (Å²) in [6.45, 7) is 2.11. The number of hydrogen-bond acceptors (Lipinski definition) is 5. The van der Waals surface area contributed by atoms with E-state index in [9.17, 15) is 4.79 Å². The fourth-order valence-corrected chi connectivity index (χ4v) is 3.51. The molecular formula is C20H20ClN5O. The molecule has 0 spiro atoms. The zero-order chi connectivity index (χ0) is 18.6. The number of benzene rings is 1. The second kappa shape index (κ2) is 7.88. The first kappa shape index (κ1) is 17.7. The van der Waals surface area contributed by atoms with Crippen molar-refractivity contribution in [2.24, 2.45) is 5.92 Å². The quantitative estimate of drug-likeness (QED) is 0.751. The molecule has 27 heavy (non-hydrogen) atoms. The van der Waals surface area contributed by atoms with Gasteiger partial charge in [-0.25, -0.2) is 9.97 Å². The molecule has 1 atom stereocenters. The fraction of sp³-hybridized carbons (Fsp3) is 0.300. The van der Waals surface area contributed by atoms with Gasteiger partial charge in [0.15, 0.2) is 5.65 Å². The third-order valence-corrected chi connectivity index (χ3v) is 5.10. The molecule has 0 radical (unpaired) electrons. The van der Waals surface area contributed by atoms with Crippen molar-refractivity contribution in [3.63, 3.8) is 0 Å². The van der Waals surface area contributed by atoms with Crippen molar-refractivity contribution in [3.8, 4) is 0 Å². The number of hydrogen-bond donors (Lipinski definition) is 1. The molecule has 0 bridgehead atoms. The van der Waals surface area contributed by atoms with Crippen LogP contribution in [0.2, 0.25) is 5.02 Å². The number of fused-ring (bicyclic) bond motifs is 1. The molecule has 7 heteroatoms. The molecule has 4 rings (SSSR count). The van der Waals surface area contributed by atoms with E-state index in [0.29, 0.717) is 23.8 Å². The lowest BCUT2D eigenvalue weighted by atomic mass is 9.96. The first-order chi connectivity index (χ1) is 13.2. The maximum absolute atomic E-state index is 12.6. The first-order valence-electron chi connectivity index (χ1n) is 9.03. The molecule has 1 aliphatic heterocycles. The smallest absolute Gasteiger partial charge is 0.225 e. The largest absolute Gasteiger partial charge is 0.369 e. The average Bonchev–Trinajstić information content (AvgIpc) is 2.73. The summed E-state index contributed by atoms with van der Waals surface area (Å²) in [6, 6.07) is 9.51. The van der Waals surface area contributed by atoms with Crippen LogP contribution in [0.25, 0.3) is 11.2 Å². The van der Waals surface area contributed by atoms with Crippen molar-refractivity contribution in [3.05, 3.63) is 59.5 Å². The summed E-state index contributed by atoms with van der Waals surface area (Å²) >= 11 is 5.90. The Morgan fingerprint density at radius 2 is 2.00 bits per heavy atom. The van der Waals surface area contributed by atoms with Crippen LogP contribution in [0, 0.1) is 5.92 Å². The lowest BCUT2D eigenvalue weighted by Gasteiger charge is -2.33. The molecule has 0 unspecified atom stereocenters. The molecular weight excluding hydrogens is 362 g/mol. The van der Waals surface area contributed by atoms with Gasteiger partial charge in [-0.1, -0.05) is 23.7 Å². The zero-order valence-corrected chi connectivity index (χ0v) is 15.6. The number of amides is 1. The maximum Gasteiger partial charge on any atom is 0.225 e. The molecule has 6 nitrogen and oxygen atoms in total. The second-order valence-corrected chi connectivity index (χ2v) is 7.16. The number of rotatable bonds is 4. The van der Waals surface area contributed by atoms with Crippen LogP contribution >= 0.6 is 11.6 Å². The van der Waals surface area contributed by atoms with Gasteiger partial charge in [0.1, 0.15) is 5.52 Å². The average molecular weight is 382 g/mol. The number of nitrogens with one attached hydrogen (secondary N) is 1. The molecule has 1 saturated heterocycles. The van der Waals surface area contributed by atoms with Gasteiger partial charge in [0.05, 0.1) is 17.8 Å². The highest BCUT2D eigenvalue weighted by molar-refractivity contribution is 6.30. The molecule has 1 N–H and O–H groups in total. The standard InChI is InChI=1S/C20H20ClN5O/c21-16-5-3-14(4-6-16)11-25-20(27)15-2-1-9-26(13-15)17-10-18-19(24-12-17)23-8-7-22-18/h3-8,10,12,15H,1-2,9,11,13H2,(H,25,27)/t15-/m1/s1. The van der Waals surface area contributed by atoms with E-state index in [-0.39, 0.29) is 11.8 Å². The van der Waals surface area contributed by atoms with Gasteiger partial charge in [-0.3, -0.25) is 9.78 Å². The first-order valence-corrected chi connectivity index (χ1v) is 9.41. The van der Waals surface area contributed by atoms with Gasteiger partial charge in [-0.15, -0.1) is 0 Å². The highest BCUT2D eigenvalue weighted by atomic mass is 35.5. The van der Waals surface area contributed by atoms with Gasteiger partial charge >= 0.3 is 0 Å². The Hall–Kier alpha value is -2.73. The van der Waals surface area contributed by atoms with Crippen LogP contribution in [0.5, 0.6) is 0 Å². The number of piperidine rings is 1. The second-order valence-electron chi connectivity index (χ2n) is 6.72. The van der Waals surface area contributed by atoms with Crippen molar-refractivity contribution in [1.29, 1.82) is 0 Å². The summed E-state index contributed by atoms with van der Waals surface area (Å²) in [5.74, 6) is 0.0480. The Labute approximate surface area is 162 Å². The van der Waals surface area contributed by atoms with Gasteiger partial charge < -0.3 is 10.2 Å². The van der Waals surface area contributed by atoms with E-state index in [1.165, 1.54) is 0 Å². The monoisotopic (exact) mass is 381 g/mol. The molecule has 0 aliphatic carbocycles. The highest BCUT2D eigenvalue weighted by Crippen LogP contribution is 2.24. The van der Waals surface area contributed by atoms with Crippen molar-refractivity contribution in [2.45, 2.75) is 19.4 Å². The summed E-state index contributed by atoms with van der Waals surface area (Å²) in [4.78, 5) is 27.7. The minimum absolute atomic E-state index is 0.0383. The molecule has 1 amide bonds. The van der Waals surface area contributed by atoms with Crippen LogP contribution in [-0.4, -0.2) is 33.9 Å².